The number of carbonyl (C=O) groups is 2. The molecule has 1 aromatic heterocycles. The third-order valence-electron chi connectivity index (χ3n) is 4.18. The second-order valence-corrected chi connectivity index (χ2v) is 5.75. The third kappa shape index (κ3) is 2.77. The third-order valence-corrected chi connectivity index (χ3v) is 4.18. The van der Waals surface area contributed by atoms with E-state index in [1.165, 1.54) is 12.6 Å². The summed E-state index contributed by atoms with van der Waals surface area (Å²) in [6.45, 7) is 4.84. The lowest BCUT2D eigenvalue weighted by atomic mass is 10.2. The van der Waals surface area contributed by atoms with Crippen molar-refractivity contribution in [2.45, 2.75) is 20.4 Å². The highest BCUT2D eigenvalue weighted by Gasteiger charge is 2.30. The van der Waals surface area contributed by atoms with Crippen LogP contribution in [0.15, 0.2) is 42.1 Å². The van der Waals surface area contributed by atoms with Gasteiger partial charge in [-0.15, -0.1) is 0 Å². The van der Waals surface area contributed by atoms with Gasteiger partial charge in [-0.05, 0) is 37.1 Å². The highest BCUT2D eigenvalue weighted by atomic mass is 16.2. The largest absolute Gasteiger partial charge is 0.344 e. The van der Waals surface area contributed by atoms with Gasteiger partial charge < -0.3 is 9.88 Å². The predicted molar refractivity (Wildman–Crippen MR) is 88.7 cm³/mol. The highest BCUT2D eigenvalue weighted by Crippen LogP contribution is 2.21. The van der Waals surface area contributed by atoms with Gasteiger partial charge in [0, 0.05) is 25.0 Å². The zero-order chi connectivity index (χ0) is 16.6. The summed E-state index contributed by atoms with van der Waals surface area (Å²) in [6, 6.07) is 11.9. The Hall–Kier alpha value is -2.82. The highest BCUT2D eigenvalue weighted by molar-refractivity contribution is 6.13. The molecule has 1 aliphatic heterocycles. The normalized spacial score (nSPS) is 16.3. The summed E-state index contributed by atoms with van der Waals surface area (Å²) in [6.07, 6.45) is 1.74. The van der Waals surface area contributed by atoms with E-state index in [4.69, 9.17) is 0 Å². The maximum absolute atomic E-state index is 12.0. The Balaban J connectivity index is 1.93. The van der Waals surface area contributed by atoms with Crippen molar-refractivity contribution in [3.05, 3.63) is 64.6 Å². The van der Waals surface area contributed by atoms with E-state index in [-0.39, 0.29) is 11.9 Å². The standard InChI is InChI=1S/C18H19N3O2/c1-12-9-15(10-16-17(22)20(3)18(23)19-16)13(2)21(12)11-14-7-5-4-6-8-14/h4-10H,11H2,1-3H3,(H,19,23)/b16-10+. The summed E-state index contributed by atoms with van der Waals surface area (Å²) in [4.78, 5) is 24.6. The Labute approximate surface area is 135 Å². The Bertz CT molecular complexity index is 803. The average molecular weight is 309 g/mol. The molecule has 2 aromatic rings. The van der Waals surface area contributed by atoms with E-state index >= 15 is 0 Å². The Kier molecular flexibility index (Phi) is 3.78. The summed E-state index contributed by atoms with van der Waals surface area (Å²) < 4.78 is 2.20. The van der Waals surface area contributed by atoms with Crippen LogP contribution in [-0.2, 0) is 11.3 Å². The number of aryl methyl sites for hydroxylation is 1. The molecule has 3 amide bonds. The number of nitrogens with one attached hydrogen (secondary N) is 1. The Morgan fingerprint density at radius 3 is 2.43 bits per heavy atom. The number of hydrogen-bond acceptors (Lipinski definition) is 2. The second kappa shape index (κ2) is 5.76. The molecule has 2 heterocycles. The fraction of sp³-hybridized carbons (Fsp3) is 0.222. The maximum atomic E-state index is 12.0. The number of rotatable bonds is 3. The van der Waals surface area contributed by atoms with Crippen LogP contribution in [0.5, 0.6) is 0 Å². The number of amides is 3. The second-order valence-electron chi connectivity index (χ2n) is 5.75. The van der Waals surface area contributed by atoms with E-state index in [2.05, 4.69) is 22.0 Å². The lowest BCUT2D eigenvalue weighted by Crippen LogP contribution is -2.25. The molecule has 0 aliphatic carbocycles. The molecule has 1 saturated heterocycles. The number of carbonyl (C=O) groups excluding carboxylic acids is 2. The average Bonchev–Trinajstić information content (AvgIpc) is 2.94. The molecular formula is C18H19N3O2. The van der Waals surface area contributed by atoms with Crippen molar-refractivity contribution >= 4 is 18.0 Å². The van der Waals surface area contributed by atoms with Gasteiger partial charge in [0.25, 0.3) is 5.91 Å². The molecule has 0 saturated carbocycles. The summed E-state index contributed by atoms with van der Waals surface area (Å²) in [5.74, 6) is -0.303. The van der Waals surface area contributed by atoms with Crippen molar-refractivity contribution in [3.63, 3.8) is 0 Å². The molecule has 118 valence electrons. The van der Waals surface area contributed by atoms with Crippen LogP contribution in [0.25, 0.3) is 6.08 Å². The van der Waals surface area contributed by atoms with Gasteiger partial charge >= 0.3 is 6.03 Å². The van der Waals surface area contributed by atoms with Gasteiger partial charge in [-0.25, -0.2) is 4.79 Å². The first kappa shape index (κ1) is 15.1. The first-order chi connectivity index (χ1) is 11.0. The van der Waals surface area contributed by atoms with E-state index in [1.807, 2.05) is 38.1 Å². The molecule has 1 aromatic carbocycles. The number of imide groups is 1. The van der Waals surface area contributed by atoms with Crippen LogP contribution >= 0.6 is 0 Å². The monoisotopic (exact) mass is 309 g/mol. The number of nitrogens with zero attached hydrogens (tertiary/aromatic N) is 2. The summed E-state index contributed by atoms with van der Waals surface area (Å²) in [5, 5.41) is 2.60. The predicted octanol–water partition coefficient (Wildman–Crippen LogP) is 2.68. The number of likely N-dealkylation sites (N-methyl/N-ethyl adjacent to an activating group) is 1. The van der Waals surface area contributed by atoms with Gasteiger partial charge in [0.05, 0.1) is 0 Å². The zero-order valence-corrected chi connectivity index (χ0v) is 13.5. The van der Waals surface area contributed by atoms with Crippen molar-refractivity contribution in [2.75, 3.05) is 7.05 Å². The Morgan fingerprint density at radius 2 is 1.83 bits per heavy atom. The number of benzene rings is 1. The van der Waals surface area contributed by atoms with Crippen LogP contribution in [-0.4, -0.2) is 28.5 Å². The first-order valence-electron chi connectivity index (χ1n) is 7.49. The molecule has 23 heavy (non-hydrogen) atoms. The summed E-state index contributed by atoms with van der Waals surface area (Å²) >= 11 is 0. The molecule has 5 nitrogen and oxygen atoms in total. The van der Waals surface area contributed by atoms with Gasteiger partial charge in [-0.3, -0.25) is 9.69 Å². The van der Waals surface area contributed by atoms with Crippen LogP contribution in [0.4, 0.5) is 4.79 Å². The molecule has 0 bridgehead atoms. The van der Waals surface area contributed by atoms with Crippen LogP contribution < -0.4 is 5.32 Å². The zero-order valence-electron chi connectivity index (χ0n) is 13.5. The van der Waals surface area contributed by atoms with Gasteiger partial charge in [0.15, 0.2) is 0 Å². The van der Waals surface area contributed by atoms with Crippen LogP contribution in [0.1, 0.15) is 22.5 Å². The smallest absolute Gasteiger partial charge is 0.328 e. The molecule has 0 spiro atoms. The van der Waals surface area contributed by atoms with Crippen molar-refractivity contribution < 1.29 is 9.59 Å². The van der Waals surface area contributed by atoms with Crippen molar-refractivity contribution in [2.24, 2.45) is 0 Å². The van der Waals surface area contributed by atoms with E-state index in [1.54, 1.807) is 6.08 Å². The van der Waals surface area contributed by atoms with E-state index < -0.39 is 0 Å². The molecule has 0 unspecified atom stereocenters. The molecule has 1 fully saturated rings. The van der Waals surface area contributed by atoms with Gasteiger partial charge in [-0.1, -0.05) is 30.3 Å². The van der Waals surface area contributed by atoms with Crippen LogP contribution in [0.3, 0.4) is 0 Å². The van der Waals surface area contributed by atoms with Gasteiger partial charge in [0.2, 0.25) is 0 Å². The quantitative estimate of drug-likeness (QED) is 0.700. The van der Waals surface area contributed by atoms with Crippen molar-refractivity contribution in [1.82, 2.24) is 14.8 Å². The molecule has 0 radical (unpaired) electrons. The van der Waals surface area contributed by atoms with Crippen molar-refractivity contribution in [1.29, 1.82) is 0 Å². The Morgan fingerprint density at radius 1 is 1.13 bits per heavy atom. The first-order valence-corrected chi connectivity index (χ1v) is 7.49. The lowest BCUT2D eigenvalue weighted by Gasteiger charge is -2.09. The lowest BCUT2D eigenvalue weighted by molar-refractivity contribution is -0.121. The van der Waals surface area contributed by atoms with E-state index in [0.717, 1.165) is 28.4 Å². The SMILES string of the molecule is Cc1cc(/C=C2/NC(=O)N(C)C2=O)c(C)n1Cc1ccccc1. The number of urea groups is 1. The van der Waals surface area contributed by atoms with Gasteiger partial charge in [0.1, 0.15) is 5.70 Å². The molecule has 5 heteroatoms. The minimum Gasteiger partial charge on any atom is -0.344 e. The van der Waals surface area contributed by atoms with Crippen LogP contribution in [0.2, 0.25) is 0 Å². The van der Waals surface area contributed by atoms with E-state index in [0.29, 0.717) is 5.70 Å². The number of hydrogen-bond donors (Lipinski definition) is 1. The topological polar surface area (TPSA) is 54.3 Å². The minimum absolute atomic E-state index is 0.303. The maximum Gasteiger partial charge on any atom is 0.328 e. The van der Waals surface area contributed by atoms with Crippen molar-refractivity contribution in [3.8, 4) is 0 Å². The van der Waals surface area contributed by atoms with Gasteiger partial charge in [-0.2, -0.15) is 0 Å². The van der Waals surface area contributed by atoms with E-state index in [9.17, 15) is 9.59 Å². The fourth-order valence-corrected chi connectivity index (χ4v) is 2.76. The summed E-state index contributed by atoms with van der Waals surface area (Å²) in [7, 11) is 1.47. The van der Waals surface area contributed by atoms with Crippen LogP contribution in [0, 0.1) is 13.8 Å². The fourth-order valence-electron chi connectivity index (χ4n) is 2.76. The molecule has 1 N–H and O–H groups in total. The molecule has 1 aliphatic rings. The molecule has 3 rings (SSSR count). The minimum atomic E-state index is -0.389. The molecule has 0 atom stereocenters. The number of aromatic nitrogens is 1. The molecular weight excluding hydrogens is 290 g/mol. The summed E-state index contributed by atoms with van der Waals surface area (Å²) in [5.41, 5.74) is 4.66.